The normalized spacial score (nSPS) is 17.2. The Morgan fingerprint density at radius 1 is 1.50 bits per heavy atom. The molecule has 0 unspecified atom stereocenters. The van der Waals surface area contributed by atoms with E-state index < -0.39 is 0 Å². The fourth-order valence-electron chi connectivity index (χ4n) is 1.78. The van der Waals surface area contributed by atoms with Gasteiger partial charge in [0.15, 0.2) is 0 Å². The summed E-state index contributed by atoms with van der Waals surface area (Å²) in [7, 11) is 0. The number of hydrogen-bond acceptors (Lipinski definition) is 2. The van der Waals surface area contributed by atoms with Crippen molar-refractivity contribution < 1.29 is 4.39 Å². The third-order valence-electron chi connectivity index (χ3n) is 2.69. The zero-order valence-electron chi connectivity index (χ0n) is 7.57. The molecule has 3 heterocycles. The average molecular weight is 191 g/mol. The molecule has 0 radical (unpaired) electrons. The van der Waals surface area contributed by atoms with Crippen molar-refractivity contribution >= 4 is 5.52 Å². The molecule has 1 fully saturated rings. The molecule has 4 heteroatoms. The van der Waals surface area contributed by atoms with E-state index in [9.17, 15) is 4.39 Å². The van der Waals surface area contributed by atoms with Gasteiger partial charge in [0.1, 0.15) is 17.2 Å². The Hall–Kier alpha value is -1.42. The maximum Gasteiger partial charge on any atom is 0.148 e. The minimum Gasteiger partial charge on any atom is -0.315 e. The molecule has 0 atom stereocenters. The Bertz CT molecular complexity index is 473. The van der Waals surface area contributed by atoms with Gasteiger partial charge in [-0.1, -0.05) is 0 Å². The molecular weight excluding hydrogens is 181 g/mol. The molecule has 2 aromatic rings. The highest BCUT2D eigenvalue weighted by Crippen LogP contribution is 2.20. The molecule has 0 spiro atoms. The highest BCUT2D eigenvalue weighted by Gasteiger charge is 2.23. The molecule has 1 N–H and O–H groups in total. The fourth-order valence-corrected chi connectivity index (χ4v) is 1.78. The maximum atomic E-state index is 13.3. The number of halogens is 1. The number of fused-ring (bicyclic) bond motifs is 1. The highest BCUT2D eigenvalue weighted by molar-refractivity contribution is 5.47. The Kier molecular flexibility index (Phi) is 1.58. The number of nitrogens with one attached hydrogen (secondary N) is 1. The summed E-state index contributed by atoms with van der Waals surface area (Å²) in [6, 6.07) is 3.17. The summed E-state index contributed by atoms with van der Waals surface area (Å²) in [4.78, 5) is 4.26. The first-order valence-electron chi connectivity index (χ1n) is 4.68. The van der Waals surface area contributed by atoms with Gasteiger partial charge < -0.3 is 9.72 Å². The molecule has 3 nitrogen and oxygen atoms in total. The summed E-state index contributed by atoms with van der Waals surface area (Å²) in [5.74, 6) is 1.18. The second-order valence-electron chi connectivity index (χ2n) is 3.58. The molecule has 0 bridgehead atoms. The lowest BCUT2D eigenvalue weighted by molar-refractivity contribution is 0.428. The highest BCUT2D eigenvalue weighted by atomic mass is 19.1. The topological polar surface area (TPSA) is 29.3 Å². The lowest BCUT2D eigenvalue weighted by atomic mass is 10.0. The van der Waals surface area contributed by atoms with Crippen LogP contribution in [0.3, 0.4) is 0 Å². The van der Waals surface area contributed by atoms with E-state index >= 15 is 0 Å². The largest absolute Gasteiger partial charge is 0.315 e. The van der Waals surface area contributed by atoms with E-state index in [2.05, 4.69) is 10.3 Å². The fraction of sp³-hybridized carbons (Fsp3) is 0.300. The second kappa shape index (κ2) is 2.78. The summed E-state index contributed by atoms with van der Waals surface area (Å²) in [6.07, 6.45) is 3.46. The quantitative estimate of drug-likeness (QED) is 0.733. The number of imidazole rings is 1. The van der Waals surface area contributed by atoms with Crippen LogP contribution in [0.4, 0.5) is 4.39 Å². The van der Waals surface area contributed by atoms with Crippen molar-refractivity contribution in [3.8, 4) is 0 Å². The Labute approximate surface area is 80.6 Å². The molecule has 72 valence electrons. The van der Waals surface area contributed by atoms with Crippen LogP contribution in [0.2, 0.25) is 0 Å². The van der Waals surface area contributed by atoms with Crippen LogP contribution >= 0.6 is 0 Å². The Balaban J connectivity index is 2.20. The first-order chi connectivity index (χ1) is 6.86. The summed E-state index contributed by atoms with van der Waals surface area (Å²) in [5.41, 5.74) is 0.564. The molecule has 0 aliphatic carbocycles. The predicted molar refractivity (Wildman–Crippen MR) is 50.8 cm³/mol. The van der Waals surface area contributed by atoms with Gasteiger partial charge >= 0.3 is 0 Å². The molecular formula is C10H10FN3. The van der Waals surface area contributed by atoms with Gasteiger partial charge in [0.2, 0.25) is 0 Å². The van der Waals surface area contributed by atoms with Crippen molar-refractivity contribution in [3.05, 3.63) is 36.2 Å². The summed E-state index contributed by atoms with van der Waals surface area (Å²) >= 11 is 0. The van der Waals surface area contributed by atoms with Gasteiger partial charge in [0, 0.05) is 25.2 Å². The molecule has 1 saturated heterocycles. The molecule has 14 heavy (non-hydrogen) atoms. The van der Waals surface area contributed by atoms with Gasteiger partial charge in [-0.3, -0.25) is 0 Å². The maximum absolute atomic E-state index is 13.3. The molecule has 2 aromatic heterocycles. The summed E-state index contributed by atoms with van der Waals surface area (Å²) in [5, 5.41) is 3.18. The predicted octanol–water partition coefficient (Wildman–Crippen LogP) is 1.16. The minimum atomic E-state index is -0.210. The lowest BCUT2D eigenvalue weighted by Crippen LogP contribution is -2.40. The van der Waals surface area contributed by atoms with Crippen molar-refractivity contribution in [1.29, 1.82) is 0 Å². The molecule has 1 aliphatic rings. The smallest absolute Gasteiger partial charge is 0.148 e. The van der Waals surface area contributed by atoms with Crippen molar-refractivity contribution in [2.24, 2.45) is 0 Å². The second-order valence-corrected chi connectivity index (χ2v) is 3.58. The summed E-state index contributed by atoms with van der Waals surface area (Å²) < 4.78 is 15.1. The van der Waals surface area contributed by atoms with Crippen LogP contribution in [0.15, 0.2) is 24.5 Å². The van der Waals surface area contributed by atoms with E-state index in [4.69, 9.17) is 0 Å². The molecule has 0 aromatic carbocycles. The van der Waals surface area contributed by atoms with Gasteiger partial charge in [0.05, 0.1) is 6.20 Å². The number of aromatic nitrogens is 2. The Morgan fingerprint density at radius 3 is 3.07 bits per heavy atom. The Morgan fingerprint density at radius 2 is 2.36 bits per heavy atom. The van der Waals surface area contributed by atoms with E-state index in [1.54, 1.807) is 12.3 Å². The monoisotopic (exact) mass is 191 g/mol. The van der Waals surface area contributed by atoms with Crippen LogP contribution in [-0.2, 0) is 0 Å². The standard InChI is InChI=1S/C10H10FN3/c11-8-2-1-3-14-9(8)6-13-10(14)7-4-12-5-7/h1-3,6-7,12H,4-5H2. The van der Waals surface area contributed by atoms with Crippen LogP contribution in [0.25, 0.3) is 5.52 Å². The minimum absolute atomic E-state index is 0.210. The van der Waals surface area contributed by atoms with Crippen LogP contribution in [0, 0.1) is 5.82 Å². The van der Waals surface area contributed by atoms with Crippen molar-refractivity contribution in [3.63, 3.8) is 0 Å². The average Bonchev–Trinajstić information content (AvgIpc) is 2.48. The number of nitrogens with zero attached hydrogens (tertiary/aromatic N) is 2. The zero-order chi connectivity index (χ0) is 9.54. The summed E-state index contributed by atoms with van der Waals surface area (Å²) in [6.45, 7) is 1.88. The van der Waals surface area contributed by atoms with Gasteiger partial charge in [-0.15, -0.1) is 0 Å². The third kappa shape index (κ3) is 0.974. The van der Waals surface area contributed by atoms with Gasteiger partial charge in [0.25, 0.3) is 0 Å². The molecule has 1 aliphatic heterocycles. The van der Waals surface area contributed by atoms with E-state index in [0.29, 0.717) is 11.4 Å². The van der Waals surface area contributed by atoms with Crippen molar-refractivity contribution in [2.45, 2.75) is 5.92 Å². The first-order valence-corrected chi connectivity index (χ1v) is 4.68. The van der Waals surface area contributed by atoms with Crippen molar-refractivity contribution in [2.75, 3.05) is 13.1 Å². The lowest BCUT2D eigenvalue weighted by Gasteiger charge is -2.25. The van der Waals surface area contributed by atoms with Crippen LogP contribution in [0.1, 0.15) is 11.7 Å². The first kappa shape index (κ1) is 7.94. The van der Waals surface area contributed by atoms with E-state index in [1.165, 1.54) is 6.07 Å². The van der Waals surface area contributed by atoms with E-state index in [1.807, 2.05) is 10.6 Å². The van der Waals surface area contributed by atoms with Crippen LogP contribution in [-0.4, -0.2) is 22.5 Å². The van der Waals surface area contributed by atoms with E-state index in [-0.39, 0.29) is 5.82 Å². The van der Waals surface area contributed by atoms with Crippen LogP contribution in [0.5, 0.6) is 0 Å². The van der Waals surface area contributed by atoms with Gasteiger partial charge in [-0.2, -0.15) is 0 Å². The van der Waals surface area contributed by atoms with Crippen molar-refractivity contribution in [1.82, 2.24) is 14.7 Å². The van der Waals surface area contributed by atoms with Crippen LogP contribution < -0.4 is 5.32 Å². The molecule has 3 rings (SSSR count). The molecule has 0 saturated carbocycles. The number of rotatable bonds is 1. The number of hydrogen-bond donors (Lipinski definition) is 1. The number of pyridine rings is 1. The van der Waals surface area contributed by atoms with Gasteiger partial charge in [-0.05, 0) is 12.1 Å². The SMILES string of the molecule is Fc1cccn2c(C3CNC3)ncc12. The molecule has 0 amide bonds. The zero-order valence-corrected chi connectivity index (χ0v) is 7.57. The van der Waals surface area contributed by atoms with Gasteiger partial charge in [-0.25, -0.2) is 9.37 Å². The van der Waals surface area contributed by atoms with E-state index in [0.717, 1.165) is 18.9 Å². The third-order valence-corrected chi connectivity index (χ3v) is 2.69.